The van der Waals surface area contributed by atoms with E-state index in [4.69, 9.17) is 0 Å². The van der Waals surface area contributed by atoms with Crippen LogP contribution in [0.25, 0.3) is 22.3 Å². The van der Waals surface area contributed by atoms with E-state index in [1.165, 1.54) is 38.5 Å². The van der Waals surface area contributed by atoms with E-state index in [0.29, 0.717) is 28.7 Å². The Hall–Kier alpha value is -2.62. The van der Waals surface area contributed by atoms with Gasteiger partial charge in [0.1, 0.15) is 0 Å². The van der Waals surface area contributed by atoms with Gasteiger partial charge in [0.15, 0.2) is 23.3 Å². The van der Waals surface area contributed by atoms with Crippen molar-refractivity contribution in [1.82, 2.24) is 0 Å². The molecular formula is C35H40F4. The van der Waals surface area contributed by atoms with Crippen molar-refractivity contribution in [2.24, 2.45) is 17.8 Å². The first-order valence-electron chi connectivity index (χ1n) is 15.0. The van der Waals surface area contributed by atoms with Crippen LogP contribution in [-0.4, -0.2) is 0 Å². The minimum atomic E-state index is -0.887. The predicted molar refractivity (Wildman–Crippen MR) is 152 cm³/mol. The highest BCUT2D eigenvalue weighted by atomic mass is 19.2. The van der Waals surface area contributed by atoms with Gasteiger partial charge in [0.25, 0.3) is 0 Å². The van der Waals surface area contributed by atoms with Gasteiger partial charge >= 0.3 is 0 Å². The number of benzene rings is 3. The molecule has 2 aliphatic rings. The Balaban J connectivity index is 1.26. The van der Waals surface area contributed by atoms with Crippen LogP contribution in [0.3, 0.4) is 0 Å². The average Bonchev–Trinajstić information content (AvgIpc) is 2.97. The third-order valence-electron chi connectivity index (χ3n) is 9.63. The molecule has 3 aromatic rings. The van der Waals surface area contributed by atoms with Crippen LogP contribution in [0.5, 0.6) is 0 Å². The predicted octanol–water partition coefficient (Wildman–Crippen LogP) is 11.0. The molecular weight excluding hydrogens is 496 g/mol. The summed E-state index contributed by atoms with van der Waals surface area (Å²) in [5.74, 6) is -0.798. The van der Waals surface area contributed by atoms with E-state index in [0.717, 1.165) is 43.4 Å². The fraction of sp³-hybridized carbons (Fsp3) is 0.486. The van der Waals surface area contributed by atoms with Gasteiger partial charge in [-0.25, -0.2) is 17.6 Å². The minimum Gasteiger partial charge on any atom is -0.203 e. The lowest BCUT2D eigenvalue weighted by Crippen LogP contribution is -2.25. The van der Waals surface area contributed by atoms with Crippen LogP contribution in [0.15, 0.2) is 48.5 Å². The summed E-state index contributed by atoms with van der Waals surface area (Å²) in [6.45, 7) is 4.05. The standard InChI is InChI=1S/C35H40F4/c1-3-5-22-6-8-24(9-7-22)25-10-12-26(13-11-25)30-20-21-31(35(39)34(30)38)28-16-14-27(15-17-28)29-19-18-23(4-2)32(36)33(29)37/h14-22,24-26H,3-13H2,1-2H3. The van der Waals surface area contributed by atoms with Gasteiger partial charge in [0.2, 0.25) is 0 Å². The zero-order chi connectivity index (χ0) is 27.5. The fourth-order valence-corrected chi connectivity index (χ4v) is 7.28. The number of hydrogen-bond acceptors (Lipinski definition) is 0. The smallest absolute Gasteiger partial charge is 0.166 e. The van der Waals surface area contributed by atoms with Crippen LogP contribution >= 0.6 is 0 Å². The van der Waals surface area contributed by atoms with Crippen molar-refractivity contribution >= 4 is 0 Å². The molecule has 2 aliphatic carbocycles. The molecule has 0 unspecified atom stereocenters. The Morgan fingerprint density at radius 3 is 1.62 bits per heavy atom. The Morgan fingerprint density at radius 2 is 1.08 bits per heavy atom. The Morgan fingerprint density at radius 1 is 0.564 bits per heavy atom. The zero-order valence-electron chi connectivity index (χ0n) is 23.2. The second kappa shape index (κ2) is 12.3. The van der Waals surface area contributed by atoms with E-state index in [2.05, 4.69) is 6.92 Å². The first-order chi connectivity index (χ1) is 18.9. The number of rotatable bonds is 7. The summed E-state index contributed by atoms with van der Waals surface area (Å²) in [6, 6.07) is 13.1. The van der Waals surface area contributed by atoms with Crippen LogP contribution in [-0.2, 0) is 6.42 Å². The van der Waals surface area contributed by atoms with Crippen molar-refractivity contribution in [3.8, 4) is 22.3 Å². The van der Waals surface area contributed by atoms with Gasteiger partial charge < -0.3 is 0 Å². The van der Waals surface area contributed by atoms with E-state index >= 15 is 8.78 Å². The lowest BCUT2D eigenvalue weighted by Gasteiger charge is -2.38. The molecule has 0 bridgehead atoms. The van der Waals surface area contributed by atoms with Gasteiger partial charge in [-0.15, -0.1) is 0 Å². The van der Waals surface area contributed by atoms with Gasteiger partial charge in [-0.3, -0.25) is 0 Å². The summed E-state index contributed by atoms with van der Waals surface area (Å²) in [5, 5.41) is 0. The lowest BCUT2D eigenvalue weighted by atomic mass is 9.68. The van der Waals surface area contributed by atoms with Crippen molar-refractivity contribution < 1.29 is 17.6 Å². The molecule has 39 heavy (non-hydrogen) atoms. The van der Waals surface area contributed by atoms with E-state index < -0.39 is 23.3 Å². The molecule has 3 aromatic carbocycles. The third-order valence-corrected chi connectivity index (χ3v) is 9.63. The van der Waals surface area contributed by atoms with Crippen molar-refractivity contribution in [2.45, 2.75) is 90.4 Å². The maximum Gasteiger partial charge on any atom is 0.166 e. The average molecular weight is 537 g/mol. The molecule has 0 aliphatic heterocycles. The molecule has 0 atom stereocenters. The van der Waals surface area contributed by atoms with Crippen LogP contribution in [0, 0.1) is 41.0 Å². The molecule has 5 rings (SSSR count). The Bertz CT molecular complexity index is 1260. The second-order valence-electron chi connectivity index (χ2n) is 11.8. The van der Waals surface area contributed by atoms with E-state index in [1.807, 2.05) is 0 Å². The molecule has 2 fully saturated rings. The highest BCUT2D eigenvalue weighted by Crippen LogP contribution is 2.45. The molecule has 4 heteroatoms. The van der Waals surface area contributed by atoms with E-state index in [1.54, 1.807) is 55.5 Å². The molecule has 0 heterocycles. The van der Waals surface area contributed by atoms with E-state index in [-0.39, 0.29) is 17.0 Å². The van der Waals surface area contributed by atoms with Gasteiger partial charge in [0, 0.05) is 11.1 Å². The van der Waals surface area contributed by atoms with Gasteiger partial charge in [-0.2, -0.15) is 0 Å². The summed E-state index contributed by atoms with van der Waals surface area (Å²) in [5.41, 5.74) is 2.16. The highest BCUT2D eigenvalue weighted by molar-refractivity contribution is 5.71. The van der Waals surface area contributed by atoms with Gasteiger partial charge in [0.05, 0.1) is 0 Å². The fourth-order valence-electron chi connectivity index (χ4n) is 7.28. The number of aryl methyl sites for hydroxylation is 1. The molecule has 0 saturated heterocycles. The zero-order valence-corrected chi connectivity index (χ0v) is 23.2. The van der Waals surface area contributed by atoms with Crippen molar-refractivity contribution in [1.29, 1.82) is 0 Å². The number of halogens is 4. The maximum atomic E-state index is 15.3. The van der Waals surface area contributed by atoms with Crippen LogP contribution in [0.4, 0.5) is 17.6 Å². The molecule has 0 N–H and O–H groups in total. The lowest BCUT2D eigenvalue weighted by molar-refractivity contribution is 0.156. The molecule has 0 nitrogen and oxygen atoms in total. The first kappa shape index (κ1) is 27.9. The largest absolute Gasteiger partial charge is 0.203 e. The van der Waals surface area contributed by atoms with Crippen LogP contribution in [0.1, 0.15) is 95.1 Å². The highest BCUT2D eigenvalue weighted by Gasteiger charge is 2.32. The van der Waals surface area contributed by atoms with Gasteiger partial charge in [-0.1, -0.05) is 88.1 Å². The summed E-state index contributed by atoms with van der Waals surface area (Å²) >= 11 is 0. The SMILES string of the molecule is CCCC1CCC(C2CCC(c3ccc(-c4ccc(-c5ccc(CC)c(F)c5F)cc4)c(F)c3F)CC2)CC1. The molecule has 0 radical (unpaired) electrons. The summed E-state index contributed by atoms with van der Waals surface area (Å²) in [7, 11) is 0. The third kappa shape index (κ3) is 5.81. The summed E-state index contributed by atoms with van der Waals surface area (Å²) < 4.78 is 59.5. The number of hydrogen-bond donors (Lipinski definition) is 0. The first-order valence-corrected chi connectivity index (χ1v) is 15.0. The van der Waals surface area contributed by atoms with Crippen molar-refractivity contribution in [3.63, 3.8) is 0 Å². The second-order valence-corrected chi connectivity index (χ2v) is 11.8. The maximum absolute atomic E-state index is 15.3. The Labute approximate surface area is 230 Å². The molecule has 0 aromatic heterocycles. The molecule has 2 saturated carbocycles. The Kier molecular flexibility index (Phi) is 8.79. The molecule has 0 spiro atoms. The normalized spacial score (nSPS) is 23.6. The van der Waals surface area contributed by atoms with E-state index in [9.17, 15) is 8.78 Å². The molecule has 208 valence electrons. The van der Waals surface area contributed by atoms with Crippen molar-refractivity contribution in [3.05, 3.63) is 82.9 Å². The minimum absolute atomic E-state index is 0.0626. The van der Waals surface area contributed by atoms with Crippen molar-refractivity contribution in [2.75, 3.05) is 0 Å². The quantitative estimate of drug-likeness (QED) is 0.263. The van der Waals surface area contributed by atoms with Crippen LogP contribution < -0.4 is 0 Å². The summed E-state index contributed by atoms with van der Waals surface area (Å²) in [4.78, 5) is 0. The topological polar surface area (TPSA) is 0 Å². The van der Waals surface area contributed by atoms with Gasteiger partial charge in [-0.05, 0) is 90.9 Å². The molecule has 0 amide bonds. The van der Waals surface area contributed by atoms with Crippen LogP contribution in [0.2, 0.25) is 0 Å². The summed E-state index contributed by atoms with van der Waals surface area (Å²) in [6.07, 6.45) is 12.5. The monoisotopic (exact) mass is 536 g/mol.